The van der Waals surface area contributed by atoms with Crippen LogP contribution in [0.3, 0.4) is 0 Å². The third kappa shape index (κ3) is 5.51. The van der Waals surface area contributed by atoms with Crippen LogP contribution in [0.5, 0.6) is 0 Å². The molecule has 2 aromatic rings. The number of halogens is 1. The highest BCUT2D eigenvalue weighted by Crippen LogP contribution is 2.22. The van der Waals surface area contributed by atoms with Crippen molar-refractivity contribution in [1.82, 2.24) is 10.7 Å². The first-order valence-corrected chi connectivity index (χ1v) is 9.74. The van der Waals surface area contributed by atoms with Crippen LogP contribution in [0.4, 0.5) is 14.9 Å². The zero-order valence-corrected chi connectivity index (χ0v) is 16.0. The summed E-state index contributed by atoms with van der Waals surface area (Å²) in [6, 6.07) is 8.63. The summed E-state index contributed by atoms with van der Waals surface area (Å²) in [5.41, 5.74) is 4.18. The van der Waals surface area contributed by atoms with E-state index < -0.39 is 0 Å². The van der Waals surface area contributed by atoms with E-state index in [-0.39, 0.29) is 11.8 Å². The van der Waals surface area contributed by atoms with Crippen molar-refractivity contribution in [2.75, 3.05) is 37.7 Å². The van der Waals surface area contributed by atoms with Gasteiger partial charge < -0.3 is 15.0 Å². The number of anilines is 1. The fourth-order valence-electron chi connectivity index (χ4n) is 2.79. The average Bonchev–Trinajstić information content (AvgIpc) is 3.20. The van der Waals surface area contributed by atoms with Gasteiger partial charge in [-0.3, -0.25) is 0 Å². The number of hydrazone groups is 1. The molecule has 3 rings (SSSR count). The number of thiophene rings is 1. The standard InChI is InChI=1S/C19H23FN4O2S/c1-14(22-23-19(25)21-7-6-16-3-2-12-27-16)15-4-5-18(17(20)13-15)24-8-10-26-11-9-24/h2-5,12-13H,6-11H2,1H3,(H2,21,23,25)/b22-14+. The molecule has 1 aromatic heterocycles. The largest absolute Gasteiger partial charge is 0.378 e. The van der Waals surface area contributed by atoms with Crippen molar-refractivity contribution in [2.24, 2.45) is 5.10 Å². The highest BCUT2D eigenvalue weighted by Gasteiger charge is 2.15. The lowest BCUT2D eigenvalue weighted by Gasteiger charge is -2.29. The summed E-state index contributed by atoms with van der Waals surface area (Å²) in [5.74, 6) is -0.302. The summed E-state index contributed by atoms with van der Waals surface area (Å²) in [6.45, 7) is 4.83. The predicted octanol–water partition coefficient (Wildman–Crippen LogP) is 2.99. The van der Waals surface area contributed by atoms with Crippen LogP contribution in [-0.2, 0) is 11.2 Å². The minimum Gasteiger partial charge on any atom is -0.378 e. The Balaban J connectivity index is 1.52. The Kier molecular flexibility index (Phi) is 6.78. The van der Waals surface area contributed by atoms with Gasteiger partial charge >= 0.3 is 6.03 Å². The minimum atomic E-state index is -0.378. The predicted molar refractivity (Wildman–Crippen MR) is 106 cm³/mol. The van der Waals surface area contributed by atoms with E-state index in [9.17, 15) is 9.18 Å². The number of ether oxygens (including phenoxy) is 1. The van der Waals surface area contributed by atoms with Gasteiger partial charge in [-0.1, -0.05) is 12.1 Å². The maximum atomic E-state index is 14.5. The Morgan fingerprint density at radius 3 is 2.85 bits per heavy atom. The quantitative estimate of drug-likeness (QED) is 0.589. The Morgan fingerprint density at radius 2 is 2.15 bits per heavy atom. The molecule has 8 heteroatoms. The summed E-state index contributed by atoms with van der Waals surface area (Å²) in [5, 5.41) is 8.80. The van der Waals surface area contributed by atoms with Gasteiger partial charge in [0.2, 0.25) is 0 Å². The van der Waals surface area contributed by atoms with Crippen molar-refractivity contribution < 1.29 is 13.9 Å². The Hall–Kier alpha value is -2.45. The highest BCUT2D eigenvalue weighted by atomic mass is 32.1. The normalized spacial score (nSPS) is 14.9. The van der Waals surface area contributed by atoms with Crippen LogP contribution in [0, 0.1) is 5.82 Å². The molecular weight excluding hydrogens is 367 g/mol. The van der Waals surface area contributed by atoms with Crippen LogP contribution in [0.15, 0.2) is 40.8 Å². The molecule has 2 N–H and O–H groups in total. The fourth-order valence-corrected chi connectivity index (χ4v) is 3.49. The summed E-state index contributed by atoms with van der Waals surface area (Å²) in [4.78, 5) is 15.0. The molecule has 0 unspecified atom stereocenters. The second-order valence-electron chi connectivity index (χ2n) is 6.16. The average molecular weight is 390 g/mol. The second-order valence-corrected chi connectivity index (χ2v) is 7.19. The first kappa shape index (κ1) is 19.3. The van der Waals surface area contributed by atoms with Crippen LogP contribution < -0.4 is 15.6 Å². The third-order valence-corrected chi connectivity index (χ3v) is 5.22. The number of nitrogens with zero attached hydrogens (tertiary/aromatic N) is 2. The van der Waals surface area contributed by atoms with E-state index in [1.807, 2.05) is 28.5 Å². The molecule has 2 heterocycles. The van der Waals surface area contributed by atoms with E-state index in [1.165, 1.54) is 10.9 Å². The number of hydrogen-bond acceptors (Lipinski definition) is 5. The number of carbonyl (C=O) groups excluding carboxylic acids is 1. The molecule has 0 bridgehead atoms. The van der Waals surface area contributed by atoms with Crippen LogP contribution >= 0.6 is 11.3 Å². The lowest BCUT2D eigenvalue weighted by atomic mass is 10.1. The summed E-state index contributed by atoms with van der Waals surface area (Å²) in [6.07, 6.45) is 0.780. The minimum absolute atomic E-state index is 0.302. The van der Waals surface area contributed by atoms with Gasteiger partial charge in [-0.05, 0) is 36.9 Å². The molecule has 1 aliphatic heterocycles. The number of nitrogens with one attached hydrogen (secondary N) is 2. The first-order valence-electron chi connectivity index (χ1n) is 8.86. The number of carbonyl (C=O) groups is 1. The van der Waals surface area contributed by atoms with Gasteiger partial charge in [0.15, 0.2) is 0 Å². The second kappa shape index (κ2) is 9.48. The van der Waals surface area contributed by atoms with E-state index in [0.717, 1.165) is 6.42 Å². The van der Waals surface area contributed by atoms with Gasteiger partial charge in [-0.2, -0.15) is 5.10 Å². The lowest BCUT2D eigenvalue weighted by molar-refractivity contribution is 0.122. The van der Waals surface area contributed by atoms with E-state index in [1.54, 1.807) is 24.3 Å². The van der Waals surface area contributed by atoms with Crippen molar-refractivity contribution in [1.29, 1.82) is 0 Å². The maximum Gasteiger partial charge on any atom is 0.335 e. The fraction of sp³-hybridized carbons (Fsp3) is 0.368. The molecular formula is C19H23FN4O2S. The molecule has 0 spiro atoms. The molecule has 6 nitrogen and oxygen atoms in total. The van der Waals surface area contributed by atoms with Gasteiger partial charge in [0.25, 0.3) is 0 Å². The molecule has 0 radical (unpaired) electrons. The van der Waals surface area contributed by atoms with Crippen molar-refractivity contribution in [3.63, 3.8) is 0 Å². The molecule has 1 aromatic carbocycles. The molecule has 0 atom stereocenters. The van der Waals surface area contributed by atoms with Crippen LogP contribution in [0.1, 0.15) is 17.4 Å². The molecule has 2 amide bonds. The van der Waals surface area contributed by atoms with Gasteiger partial charge in [-0.15, -0.1) is 11.3 Å². The summed E-state index contributed by atoms with van der Waals surface area (Å²) >= 11 is 1.66. The van der Waals surface area contributed by atoms with Crippen molar-refractivity contribution >= 4 is 28.8 Å². The van der Waals surface area contributed by atoms with Gasteiger partial charge in [0.1, 0.15) is 5.82 Å². The summed E-state index contributed by atoms with van der Waals surface area (Å²) < 4.78 is 19.8. The highest BCUT2D eigenvalue weighted by molar-refractivity contribution is 7.09. The molecule has 0 aliphatic carbocycles. The zero-order chi connectivity index (χ0) is 19.1. The number of rotatable bonds is 6. The Morgan fingerprint density at radius 1 is 1.33 bits per heavy atom. The van der Waals surface area contributed by atoms with E-state index >= 15 is 0 Å². The van der Waals surface area contributed by atoms with E-state index in [4.69, 9.17) is 4.74 Å². The van der Waals surface area contributed by atoms with Crippen LogP contribution in [0.25, 0.3) is 0 Å². The van der Waals surface area contributed by atoms with Crippen molar-refractivity contribution in [3.8, 4) is 0 Å². The van der Waals surface area contributed by atoms with Crippen LogP contribution in [0.2, 0.25) is 0 Å². The van der Waals surface area contributed by atoms with Crippen molar-refractivity contribution in [3.05, 3.63) is 52.0 Å². The molecule has 1 aliphatic rings. The Bertz CT molecular complexity index is 789. The van der Waals surface area contributed by atoms with Crippen molar-refractivity contribution in [2.45, 2.75) is 13.3 Å². The molecule has 1 saturated heterocycles. The summed E-state index contributed by atoms with van der Waals surface area (Å²) in [7, 11) is 0. The molecule has 27 heavy (non-hydrogen) atoms. The number of urea groups is 1. The topological polar surface area (TPSA) is 66.0 Å². The van der Waals surface area contributed by atoms with Gasteiger partial charge in [-0.25, -0.2) is 14.6 Å². The maximum absolute atomic E-state index is 14.5. The first-order chi connectivity index (χ1) is 13.1. The number of benzene rings is 1. The van der Waals surface area contributed by atoms with Gasteiger partial charge in [0.05, 0.1) is 24.6 Å². The van der Waals surface area contributed by atoms with E-state index in [0.29, 0.717) is 49.8 Å². The SMILES string of the molecule is C/C(=N\NC(=O)NCCc1cccs1)c1ccc(N2CCOCC2)c(F)c1. The van der Waals surface area contributed by atoms with Crippen LogP contribution in [-0.4, -0.2) is 44.6 Å². The number of hydrogen-bond donors (Lipinski definition) is 2. The zero-order valence-electron chi connectivity index (χ0n) is 15.2. The number of morpholine rings is 1. The van der Waals surface area contributed by atoms with E-state index in [2.05, 4.69) is 15.8 Å². The smallest absolute Gasteiger partial charge is 0.335 e. The third-order valence-electron chi connectivity index (χ3n) is 4.28. The molecule has 1 fully saturated rings. The monoisotopic (exact) mass is 390 g/mol. The Labute approximate surface area is 162 Å². The lowest BCUT2D eigenvalue weighted by Crippen LogP contribution is -2.36. The van der Waals surface area contributed by atoms with Gasteiger partial charge in [0, 0.05) is 30.1 Å². The molecule has 144 valence electrons. The number of amides is 2. The molecule has 0 saturated carbocycles.